The van der Waals surface area contributed by atoms with Gasteiger partial charge in [0.2, 0.25) is 0 Å². The monoisotopic (exact) mass is 294 g/mol. The first-order chi connectivity index (χ1) is 9.65. The summed E-state index contributed by atoms with van der Waals surface area (Å²) >= 11 is 1.44. The van der Waals surface area contributed by atoms with Crippen LogP contribution >= 0.6 is 11.3 Å². The first-order valence-corrected chi connectivity index (χ1v) is 6.83. The fraction of sp³-hybridized carbons (Fsp3) is 0.214. The molecule has 0 fully saturated rings. The highest BCUT2D eigenvalue weighted by Gasteiger charge is 2.18. The van der Waals surface area contributed by atoms with Gasteiger partial charge in [-0.15, -0.1) is 11.3 Å². The molecule has 0 bridgehead atoms. The SMILES string of the molecule is N#Cc1cc(F)c(N[C@H](CCO)c2cccs2)c(F)c1. The Hall–Kier alpha value is -1.97. The second kappa shape index (κ2) is 6.46. The van der Waals surface area contributed by atoms with Gasteiger partial charge in [-0.1, -0.05) is 6.07 Å². The van der Waals surface area contributed by atoms with Crippen molar-refractivity contribution < 1.29 is 13.9 Å². The fourth-order valence-electron chi connectivity index (χ4n) is 1.85. The van der Waals surface area contributed by atoms with E-state index < -0.39 is 11.6 Å². The molecule has 20 heavy (non-hydrogen) atoms. The molecule has 6 heteroatoms. The van der Waals surface area contributed by atoms with Gasteiger partial charge in [0.25, 0.3) is 0 Å². The molecule has 1 atom stereocenters. The molecule has 0 aliphatic rings. The number of nitriles is 1. The van der Waals surface area contributed by atoms with Crippen LogP contribution in [0.1, 0.15) is 22.9 Å². The van der Waals surface area contributed by atoms with Crippen LogP contribution in [0.25, 0.3) is 0 Å². The fourth-order valence-corrected chi connectivity index (χ4v) is 2.67. The molecule has 1 aromatic carbocycles. The second-order valence-electron chi connectivity index (χ2n) is 4.15. The zero-order valence-corrected chi connectivity index (χ0v) is 11.3. The topological polar surface area (TPSA) is 56.0 Å². The molecule has 0 aliphatic carbocycles. The summed E-state index contributed by atoms with van der Waals surface area (Å²) in [6.07, 6.45) is 0.333. The van der Waals surface area contributed by atoms with Crippen molar-refractivity contribution in [1.82, 2.24) is 0 Å². The molecule has 0 saturated heterocycles. The van der Waals surface area contributed by atoms with Crippen LogP contribution in [0, 0.1) is 23.0 Å². The molecule has 0 aliphatic heterocycles. The van der Waals surface area contributed by atoms with E-state index in [1.54, 1.807) is 6.07 Å². The lowest BCUT2D eigenvalue weighted by Crippen LogP contribution is -2.13. The molecule has 104 valence electrons. The third-order valence-corrected chi connectivity index (χ3v) is 3.78. The zero-order chi connectivity index (χ0) is 14.5. The molecule has 3 nitrogen and oxygen atoms in total. The highest BCUT2D eigenvalue weighted by atomic mass is 32.1. The van der Waals surface area contributed by atoms with E-state index in [0.29, 0.717) is 6.42 Å². The standard InChI is InChI=1S/C14H12F2N2OS/c15-10-6-9(8-17)7-11(16)14(10)18-12(3-4-19)13-2-1-5-20-13/h1-2,5-7,12,18-19H,3-4H2/t12-/m1/s1. The Bertz CT molecular complexity index is 600. The summed E-state index contributed by atoms with van der Waals surface area (Å²) in [6.45, 7) is -0.102. The Morgan fingerprint density at radius 3 is 2.55 bits per heavy atom. The van der Waals surface area contributed by atoms with Gasteiger partial charge < -0.3 is 10.4 Å². The molecule has 1 heterocycles. The maximum atomic E-state index is 13.8. The van der Waals surface area contributed by atoms with Gasteiger partial charge in [-0.3, -0.25) is 0 Å². The van der Waals surface area contributed by atoms with Gasteiger partial charge in [-0.05, 0) is 30.0 Å². The average molecular weight is 294 g/mol. The molecule has 0 unspecified atom stereocenters. The van der Waals surface area contributed by atoms with Crippen molar-refractivity contribution in [3.05, 3.63) is 51.7 Å². The number of nitrogens with zero attached hydrogens (tertiary/aromatic N) is 1. The molecular weight excluding hydrogens is 282 g/mol. The van der Waals surface area contributed by atoms with Crippen LogP contribution in [0.3, 0.4) is 0 Å². The van der Waals surface area contributed by atoms with Crippen molar-refractivity contribution in [2.24, 2.45) is 0 Å². The maximum absolute atomic E-state index is 13.8. The van der Waals surface area contributed by atoms with Crippen molar-refractivity contribution in [3.63, 3.8) is 0 Å². The van der Waals surface area contributed by atoms with Crippen LogP contribution in [0.4, 0.5) is 14.5 Å². The molecule has 0 amide bonds. The minimum Gasteiger partial charge on any atom is -0.396 e. The minimum atomic E-state index is -0.818. The summed E-state index contributed by atoms with van der Waals surface area (Å²) in [5, 5.41) is 22.3. The predicted octanol–water partition coefficient (Wildman–Crippen LogP) is 3.43. The molecule has 1 aromatic heterocycles. The van der Waals surface area contributed by atoms with E-state index in [4.69, 9.17) is 10.4 Å². The number of halogens is 2. The second-order valence-corrected chi connectivity index (χ2v) is 5.13. The van der Waals surface area contributed by atoms with Crippen LogP contribution < -0.4 is 5.32 Å². The van der Waals surface area contributed by atoms with Crippen LogP contribution in [0.5, 0.6) is 0 Å². The first kappa shape index (κ1) is 14.4. The maximum Gasteiger partial charge on any atom is 0.150 e. The van der Waals surface area contributed by atoms with E-state index in [1.807, 2.05) is 17.5 Å². The Kier molecular flexibility index (Phi) is 4.66. The quantitative estimate of drug-likeness (QED) is 0.888. The minimum absolute atomic E-state index is 0.0691. The molecule has 0 radical (unpaired) electrons. The number of benzene rings is 1. The number of nitrogens with one attached hydrogen (secondary N) is 1. The van der Waals surface area contributed by atoms with E-state index in [2.05, 4.69) is 5.32 Å². The van der Waals surface area contributed by atoms with Crippen molar-refractivity contribution in [2.45, 2.75) is 12.5 Å². The van der Waals surface area contributed by atoms with Crippen LogP contribution in [-0.4, -0.2) is 11.7 Å². The van der Waals surface area contributed by atoms with Crippen LogP contribution in [-0.2, 0) is 0 Å². The number of anilines is 1. The summed E-state index contributed by atoms with van der Waals surface area (Å²) in [5.74, 6) is -1.64. The molecule has 2 N–H and O–H groups in total. The number of rotatable bonds is 5. The van der Waals surface area contributed by atoms with Crippen molar-refractivity contribution in [2.75, 3.05) is 11.9 Å². The normalized spacial score (nSPS) is 11.9. The van der Waals surface area contributed by atoms with Crippen molar-refractivity contribution >= 4 is 17.0 Å². The van der Waals surface area contributed by atoms with E-state index in [1.165, 1.54) is 11.3 Å². The Morgan fingerprint density at radius 2 is 2.05 bits per heavy atom. The largest absolute Gasteiger partial charge is 0.396 e. The van der Waals surface area contributed by atoms with Crippen LogP contribution in [0.15, 0.2) is 29.6 Å². The first-order valence-electron chi connectivity index (χ1n) is 5.95. The zero-order valence-electron chi connectivity index (χ0n) is 10.4. The molecule has 2 aromatic rings. The third kappa shape index (κ3) is 3.13. The van der Waals surface area contributed by atoms with E-state index in [-0.39, 0.29) is 23.9 Å². The van der Waals surface area contributed by atoms with E-state index in [0.717, 1.165) is 17.0 Å². The molecular formula is C14H12F2N2OS. The Balaban J connectivity index is 2.30. The summed E-state index contributed by atoms with van der Waals surface area (Å²) in [7, 11) is 0. The van der Waals surface area contributed by atoms with Gasteiger partial charge in [-0.25, -0.2) is 8.78 Å². The number of hydrogen-bond donors (Lipinski definition) is 2. The third-order valence-electron chi connectivity index (χ3n) is 2.79. The van der Waals surface area contributed by atoms with Gasteiger partial charge in [0.15, 0.2) is 11.6 Å². The van der Waals surface area contributed by atoms with E-state index in [9.17, 15) is 8.78 Å². The number of hydrogen-bond acceptors (Lipinski definition) is 4. The Labute approximate surface area is 119 Å². The number of thiophene rings is 1. The smallest absolute Gasteiger partial charge is 0.150 e. The van der Waals surface area contributed by atoms with E-state index >= 15 is 0 Å². The van der Waals surface area contributed by atoms with Crippen LogP contribution in [0.2, 0.25) is 0 Å². The number of aliphatic hydroxyl groups excluding tert-OH is 1. The van der Waals surface area contributed by atoms with Crippen molar-refractivity contribution in [1.29, 1.82) is 5.26 Å². The summed E-state index contributed by atoms with van der Waals surface area (Å²) < 4.78 is 27.7. The predicted molar refractivity (Wildman–Crippen MR) is 73.5 cm³/mol. The van der Waals surface area contributed by atoms with Gasteiger partial charge in [0, 0.05) is 11.5 Å². The molecule has 0 saturated carbocycles. The number of aliphatic hydroxyl groups is 1. The highest BCUT2D eigenvalue weighted by molar-refractivity contribution is 7.10. The summed E-state index contributed by atoms with van der Waals surface area (Å²) in [4.78, 5) is 0.877. The Morgan fingerprint density at radius 1 is 1.35 bits per heavy atom. The lowest BCUT2D eigenvalue weighted by molar-refractivity contribution is 0.280. The average Bonchev–Trinajstić information content (AvgIpc) is 2.95. The molecule has 0 spiro atoms. The van der Waals surface area contributed by atoms with Gasteiger partial charge >= 0.3 is 0 Å². The highest BCUT2D eigenvalue weighted by Crippen LogP contribution is 2.29. The summed E-state index contributed by atoms with van der Waals surface area (Å²) in [6, 6.07) is 6.94. The van der Waals surface area contributed by atoms with Gasteiger partial charge in [-0.2, -0.15) is 5.26 Å². The lowest BCUT2D eigenvalue weighted by Gasteiger charge is -2.18. The summed E-state index contributed by atoms with van der Waals surface area (Å²) in [5.41, 5.74) is -0.351. The lowest BCUT2D eigenvalue weighted by atomic mass is 10.1. The van der Waals surface area contributed by atoms with Crippen molar-refractivity contribution in [3.8, 4) is 6.07 Å². The van der Waals surface area contributed by atoms with Gasteiger partial charge in [0.1, 0.15) is 5.69 Å². The van der Waals surface area contributed by atoms with Gasteiger partial charge in [0.05, 0.1) is 17.7 Å². The molecule has 2 rings (SSSR count).